The van der Waals surface area contributed by atoms with Gasteiger partial charge in [0, 0.05) is 6.42 Å². The maximum atomic E-state index is 12.4. The van der Waals surface area contributed by atoms with Crippen LogP contribution in [0.4, 0.5) is 4.79 Å². The van der Waals surface area contributed by atoms with Crippen molar-refractivity contribution in [1.29, 1.82) is 0 Å². The lowest BCUT2D eigenvalue weighted by Crippen LogP contribution is -2.43. The zero-order chi connectivity index (χ0) is 21.1. The van der Waals surface area contributed by atoms with Crippen LogP contribution in [0, 0.1) is 0 Å². The van der Waals surface area contributed by atoms with Crippen LogP contribution in [0.1, 0.15) is 16.7 Å². The van der Waals surface area contributed by atoms with Crippen LogP contribution in [0.15, 0.2) is 73.8 Å². The average Bonchev–Trinajstić information content (AvgIpc) is 2.73. The van der Waals surface area contributed by atoms with Crippen LogP contribution in [0.25, 0.3) is 0 Å². The molecule has 0 radical (unpaired) electrons. The quantitative estimate of drug-likeness (QED) is 0.473. The fourth-order valence-electron chi connectivity index (χ4n) is 2.66. The summed E-state index contributed by atoms with van der Waals surface area (Å²) in [6.45, 7) is 7.30. The summed E-state index contributed by atoms with van der Waals surface area (Å²) in [7, 11) is 0. The third kappa shape index (κ3) is 7.18. The molecule has 2 N–H and O–H groups in total. The first-order valence-corrected chi connectivity index (χ1v) is 9.20. The minimum atomic E-state index is -0.945. The lowest BCUT2D eigenvalue weighted by atomic mass is 10.0. The number of carbonyl (C=O) groups excluding carboxylic acids is 2. The number of carbonyl (C=O) groups is 2. The van der Waals surface area contributed by atoms with E-state index in [0.717, 1.165) is 11.1 Å². The molecule has 0 aliphatic rings. The number of amides is 1. The van der Waals surface area contributed by atoms with Gasteiger partial charge in [-0.15, -0.1) is 6.58 Å². The molecule has 6 nitrogen and oxygen atoms in total. The van der Waals surface area contributed by atoms with Gasteiger partial charge >= 0.3 is 12.1 Å². The Morgan fingerprint density at radius 1 is 1.03 bits per heavy atom. The zero-order valence-corrected chi connectivity index (χ0v) is 16.2. The highest BCUT2D eigenvalue weighted by Gasteiger charge is 2.23. The van der Waals surface area contributed by atoms with Gasteiger partial charge in [-0.1, -0.05) is 61.2 Å². The number of hydrogen-bond donors (Lipinski definition) is 2. The van der Waals surface area contributed by atoms with Gasteiger partial charge in [0.25, 0.3) is 0 Å². The van der Waals surface area contributed by atoms with Crippen LogP contribution in [0.3, 0.4) is 0 Å². The maximum absolute atomic E-state index is 12.4. The molecule has 0 aliphatic heterocycles. The zero-order valence-electron chi connectivity index (χ0n) is 16.2. The van der Waals surface area contributed by atoms with E-state index in [9.17, 15) is 14.7 Å². The lowest BCUT2D eigenvalue weighted by Gasteiger charge is -2.18. The molecule has 0 aromatic heterocycles. The summed E-state index contributed by atoms with van der Waals surface area (Å²) in [5.74, 6) is -0.449. The number of aromatic hydroxyl groups is 1. The molecule has 0 fully saturated rings. The van der Waals surface area contributed by atoms with E-state index in [2.05, 4.69) is 18.5 Å². The Balaban J connectivity index is 2.07. The van der Waals surface area contributed by atoms with Crippen LogP contribution in [-0.4, -0.2) is 29.8 Å². The molecule has 0 aliphatic carbocycles. The van der Waals surface area contributed by atoms with Gasteiger partial charge in [0.05, 0.1) is 0 Å². The van der Waals surface area contributed by atoms with Gasteiger partial charge in [0.15, 0.2) is 0 Å². The van der Waals surface area contributed by atoms with Crippen LogP contribution >= 0.6 is 0 Å². The summed E-state index contributed by atoms with van der Waals surface area (Å²) in [6.07, 6.45) is 3.07. The summed E-state index contributed by atoms with van der Waals surface area (Å²) in [4.78, 5) is 24.6. The van der Waals surface area contributed by atoms with E-state index in [0.29, 0.717) is 12.0 Å². The van der Waals surface area contributed by atoms with E-state index >= 15 is 0 Å². The highest BCUT2D eigenvalue weighted by Crippen LogP contribution is 2.20. The molecule has 0 heterocycles. The molecule has 1 amide bonds. The number of ether oxygens (including phenoxy) is 2. The van der Waals surface area contributed by atoms with Crippen molar-refractivity contribution in [3.63, 3.8) is 0 Å². The van der Waals surface area contributed by atoms with Crippen LogP contribution in [0.5, 0.6) is 5.75 Å². The molecule has 0 saturated carbocycles. The number of esters is 1. The third-order valence-electron chi connectivity index (χ3n) is 4.08. The predicted molar refractivity (Wildman–Crippen MR) is 110 cm³/mol. The van der Waals surface area contributed by atoms with E-state index in [-0.39, 0.29) is 25.4 Å². The number of rotatable bonds is 10. The van der Waals surface area contributed by atoms with Gasteiger partial charge < -0.3 is 19.9 Å². The van der Waals surface area contributed by atoms with E-state index in [1.54, 1.807) is 24.3 Å². The summed E-state index contributed by atoms with van der Waals surface area (Å²) >= 11 is 0. The van der Waals surface area contributed by atoms with E-state index in [4.69, 9.17) is 9.47 Å². The monoisotopic (exact) mass is 395 g/mol. The molecule has 0 bridgehead atoms. The smallest absolute Gasteiger partial charge is 0.408 e. The number of alkyl carbamates (subject to hydrolysis) is 1. The molecule has 0 saturated heterocycles. The van der Waals surface area contributed by atoms with Crippen LogP contribution in [-0.2, 0) is 33.7 Å². The average molecular weight is 395 g/mol. The SMILES string of the molecule is C=CCOC(=O)[C@H](Cc1ccc(O)c(CC=C)c1)NC(=O)OCc1ccccc1. The van der Waals surface area contributed by atoms with Crippen molar-refractivity contribution in [1.82, 2.24) is 5.32 Å². The Hall–Kier alpha value is -3.54. The molecular weight excluding hydrogens is 370 g/mol. The summed E-state index contributed by atoms with van der Waals surface area (Å²) in [5, 5.41) is 12.5. The highest BCUT2D eigenvalue weighted by atomic mass is 16.6. The van der Waals surface area contributed by atoms with Crippen molar-refractivity contribution < 1.29 is 24.2 Å². The standard InChI is InChI=1S/C23H25NO5/c1-3-8-19-14-18(11-12-21(19)25)15-20(22(26)28-13-4-2)24-23(27)29-16-17-9-6-5-7-10-17/h3-7,9-12,14,20,25H,1-2,8,13,15-16H2,(H,24,27)/t20-/m0/s1. The second-order valence-electron chi connectivity index (χ2n) is 6.34. The normalized spacial score (nSPS) is 11.2. The van der Waals surface area contributed by atoms with Crippen molar-refractivity contribution >= 4 is 12.1 Å². The molecule has 152 valence electrons. The molecule has 1 atom stereocenters. The molecule has 6 heteroatoms. The van der Waals surface area contributed by atoms with Crippen molar-refractivity contribution in [2.75, 3.05) is 6.61 Å². The van der Waals surface area contributed by atoms with Crippen molar-refractivity contribution in [2.45, 2.75) is 25.5 Å². The van der Waals surface area contributed by atoms with Gasteiger partial charge in [0.2, 0.25) is 0 Å². The molecule has 2 aromatic carbocycles. The summed E-state index contributed by atoms with van der Waals surface area (Å²) < 4.78 is 10.3. The number of allylic oxidation sites excluding steroid dienone is 1. The first-order chi connectivity index (χ1) is 14.0. The van der Waals surface area contributed by atoms with Crippen LogP contribution in [0.2, 0.25) is 0 Å². The minimum Gasteiger partial charge on any atom is -0.508 e. The highest BCUT2D eigenvalue weighted by molar-refractivity contribution is 5.81. The molecule has 2 rings (SSSR count). The van der Waals surface area contributed by atoms with Crippen LogP contribution < -0.4 is 5.32 Å². The van der Waals surface area contributed by atoms with E-state index in [1.165, 1.54) is 6.08 Å². The lowest BCUT2D eigenvalue weighted by molar-refractivity contribution is -0.144. The van der Waals surface area contributed by atoms with E-state index in [1.807, 2.05) is 30.3 Å². The summed E-state index contributed by atoms with van der Waals surface area (Å²) in [6, 6.07) is 13.3. The molecule has 2 aromatic rings. The Kier molecular flexibility index (Phi) is 8.51. The maximum Gasteiger partial charge on any atom is 0.408 e. The van der Waals surface area contributed by atoms with Gasteiger partial charge in [-0.05, 0) is 29.2 Å². The first kappa shape index (κ1) is 21.8. The largest absolute Gasteiger partial charge is 0.508 e. The minimum absolute atomic E-state index is 0.0351. The molecule has 0 spiro atoms. The number of nitrogens with one attached hydrogen (secondary N) is 1. The number of hydrogen-bond acceptors (Lipinski definition) is 5. The molecule has 0 unspecified atom stereocenters. The second-order valence-corrected chi connectivity index (χ2v) is 6.34. The van der Waals surface area contributed by atoms with Gasteiger partial charge in [-0.2, -0.15) is 0 Å². The van der Waals surface area contributed by atoms with Gasteiger partial charge in [0.1, 0.15) is 25.0 Å². The Morgan fingerprint density at radius 2 is 1.79 bits per heavy atom. The van der Waals surface area contributed by atoms with Gasteiger partial charge in [-0.25, -0.2) is 9.59 Å². The van der Waals surface area contributed by atoms with E-state index < -0.39 is 18.1 Å². The number of benzene rings is 2. The first-order valence-electron chi connectivity index (χ1n) is 9.20. The van der Waals surface area contributed by atoms with Crippen molar-refractivity contribution in [2.24, 2.45) is 0 Å². The van der Waals surface area contributed by atoms with Crippen molar-refractivity contribution in [3.8, 4) is 5.75 Å². The number of phenols is 1. The fraction of sp³-hybridized carbons (Fsp3) is 0.217. The summed E-state index contributed by atoms with van der Waals surface area (Å²) in [5.41, 5.74) is 2.27. The number of phenolic OH excluding ortho intramolecular Hbond substituents is 1. The topological polar surface area (TPSA) is 84.9 Å². The third-order valence-corrected chi connectivity index (χ3v) is 4.08. The predicted octanol–water partition coefficient (Wildman–Crippen LogP) is 3.69. The van der Waals surface area contributed by atoms with Gasteiger partial charge in [-0.3, -0.25) is 0 Å². The Labute approximate surface area is 170 Å². The fourth-order valence-corrected chi connectivity index (χ4v) is 2.66. The Bertz CT molecular complexity index is 848. The second kappa shape index (κ2) is 11.3. The Morgan fingerprint density at radius 3 is 2.48 bits per heavy atom. The molecular formula is C23H25NO5. The molecule has 29 heavy (non-hydrogen) atoms. The van der Waals surface area contributed by atoms with Crippen molar-refractivity contribution in [3.05, 3.63) is 90.5 Å².